The maximum absolute atomic E-state index is 5.41. The van der Waals surface area contributed by atoms with Gasteiger partial charge in [0.05, 0.1) is 14.2 Å². The molecule has 0 aliphatic heterocycles. The van der Waals surface area contributed by atoms with Gasteiger partial charge in [-0.25, -0.2) is 0 Å². The number of rotatable bonds is 9. The normalized spacial score (nSPS) is 12.2. The molecule has 1 aromatic carbocycles. The Morgan fingerprint density at radius 2 is 1.89 bits per heavy atom. The highest BCUT2D eigenvalue weighted by Gasteiger charge is 2.11. The van der Waals surface area contributed by atoms with Crippen LogP contribution in [0.2, 0.25) is 0 Å². The molecule has 0 saturated carbocycles. The molecule has 0 amide bonds. The highest BCUT2D eigenvalue weighted by Crippen LogP contribution is 2.29. The first-order chi connectivity index (χ1) is 9.22. The van der Waals surface area contributed by atoms with Gasteiger partial charge in [-0.05, 0) is 32.4 Å². The van der Waals surface area contributed by atoms with Crippen molar-refractivity contribution in [2.45, 2.75) is 25.8 Å². The number of unbranched alkanes of at least 4 members (excludes halogenated alkanes) is 1. The molecule has 0 aromatic heterocycles. The second kappa shape index (κ2) is 8.77. The summed E-state index contributed by atoms with van der Waals surface area (Å²) in [6, 6.07) is 6.17. The van der Waals surface area contributed by atoms with E-state index in [-0.39, 0.29) is 6.04 Å². The molecular weight excluding hydrogens is 242 g/mol. The standard InChI is InChI=1S/C15H25NO3/c1-12(16-9-5-6-10-17-2)14-8-7-13(18-3)11-15(14)19-4/h7-8,11-12,16H,5-6,9-10H2,1-4H3. The van der Waals surface area contributed by atoms with Crippen LogP contribution in [0.5, 0.6) is 11.5 Å². The van der Waals surface area contributed by atoms with Crippen LogP contribution < -0.4 is 14.8 Å². The Kier molecular flexibility index (Phi) is 7.30. The maximum atomic E-state index is 5.41. The largest absolute Gasteiger partial charge is 0.497 e. The molecule has 0 aliphatic carbocycles. The van der Waals surface area contributed by atoms with Crippen molar-refractivity contribution < 1.29 is 14.2 Å². The summed E-state index contributed by atoms with van der Waals surface area (Å²) in [7, 11) is 5.08. The lowest BCUT2D eigenvalue weighted by Gasteiger charge is -2.18. The highest BCUT2D eigenvalue weighted by atomic mass is 16.5. The van der Waals surface area contributed by atoms with Crippen LogP contribution in [0.15, 0.2) is 18.2 Å². The molecule has 1 N–H and O–H groups in total. The van der Waals surface area contributed by atoms with Gasteiger partial charge in [0.15, 0.2) is 0 Å². The van der Waals surface area contributed by atoms with Crippen molar-refractivity contribution in [3.63, 3.8) is 0 Å². The predicted octanol–water partition coefficient (Wildman–Crippen LogP) is 2.78. The summed E-state index contributed by atoms with van der Waals surface area (Å²) >= 11 is 0. The molecule has 0 bridgehead atoms. The molecule has 0 aliphatic rings. The predicted molar refractivity (Wildman–Crippen MR) is 77.1 cm³/mol. The van der Waals surface area contributed by atoms with Crippen molar-refractivity contribution in [3.8, 4) is 11.5 Å². The lowest BCUT2D eigenvalue weighted by atomic mass is 10.1. The van der Waals surface area contributed by atoms with Gasteiger partial charge >= 0.3 is 0 Å². The molecule has 1 aromatic rings. The summed E-state index contributed by atoms with van der Waals surface area (Å²) < 4.78 is 15.7. The summed E-state index contributed by atoms with van der Waals surface area (Å²) in [5, 5.41) is 3.49. The SMILES string of the molecule is COCCCCNC(C)c1ccc(OC)cc1OC. The average Bonchev–Trinajstić information content (AvgIpc) is 2.46. The number of hydrogen-bond donors (Lipinski definition) is 1. The summed E-state index contributed by atoms with van der Waals surface area (Å²) in [5.41, 5.74) is 1.15. The maximum Gasteiger partial charge on any atom is 0.127 e. The minimum absolute atomic E-state index is 0.253. The molecule has 1 unspecified atom stereocenters. The Labute approximate surface area is 116 Å². The summed E-state index contributed by atoms with van der Waals surface area (Å²) in [4.78, 5) is 0. The van der Waals surface area contributed by atoms with Gasteiger partial charge in [-0.1, -0.05) is 6.07 Å². The Morgan fingerprint density at radius 1 is 1.11 bits per heavy atom. The van der Waals surface area contributed by atoms with Gasteiger partial charge in [0.25, 0.3) is 0 Å². The molecule has 19 heavy (non-hydrogen) atoms. The van der Waals surface area contributed by atoms with Crippen LogP contribution in [0, 0.1) is 0 Å². The number of hydrogen-bond acceptors (Lipinski definition) is 4. The zero-order valence-corrected chi connectivity index (χ0v) is 12.4. The quantitative estimate of drug-likeness (QED) is 0.698. The number of ether oxygens (including phenoxy) is 3. The Bertz CT molecular complexity index is 368. The van der Waals surface area contributed by atoms with Gasteiger partial charge in [-0.2, -0.15) is 0 Å². The molecule has 4 heteroatoms. The minimum Gasteiger partial charge on any atom is -0.497 e. The van der Waals surface area contributed by atoms with Crippen molar-refractivity contribution in [1.82, 2.24) is 5.32 Å². The number of benzene rings is 1. The van der Waals surface area contributed by atoms with Gasteiger partial charge in [0.1, 0.15) is 11.5 Å². The van der Waals surface area contributed by atoms with Crippen molar-refractivity contribution in [2.24, 2.45) is 0 Å². The van der Waals surface area contributed by atoms with E-state index in [1.807, 2.05) is 18.2 Å². The fourth-order valence-electron chi connectivity index (χ4n) is 1.98. The first-order valence-corrected chi connectivity index (χ1v) is 6.67. The van der Waals surface area contributed by atoms with E-state index in [1.165, 1.54) is 0 Å². The van der Waals surface area contributed by atoms with Gasteiger partial charge in [0, 0.05) is 31.4 Å². The minimum atomic E-state index is 0.253. The highest BCUT2D eigenvalue weighted by molar-refractivity contribution is 5.42. The smallest absolute Gasteiger partial charge is 0.127 e. The van der Waals surface area contributed by atoms with Crippen molar-refractivity contribution in [1.29, 1.82) is 0 Å². The summed E-state index contributed by atoms with van der Waals surface area (Å²) in [5.74, 6) is 1.67. The van der Waals surface area contributed by atoms with Crippen LogP contribution in [0.4, 0.5) is 0 Å². The molecular formula is C15H25NO3. The lowest BCUT2D eigenvalue weighted by molar-refractivity contribution is 0.192. The zero-order chi connectivity index (χ0) is 14.1. The molecule has 0 heterocycles. The van der Waals surface area contributed by atoms with Gasteiger partial charge < -0.3 is 19.5 Å². The molecule has 1 rings (SSSR count). The molecule has 0 spiro atoms. The third kappa shape index (κ3) is 5.09. The molecule has 4 nitrogen and oxygen atoms in total. The van der Waals surface area contributed by atoms with Crippen LogP contribution in [-0.4, -0.2) is 34.5 Å². The third-order valence-corrected chi connectivity index (χ3v) is 3.13. The molecule has 0 radical (unpaired) electrons. The molecule has 1 atom stereocenters. The first-order valence-electron chi connectivity index (χ1n) is 6.67. The van der Waals surface area contributed by atoms with Crippen LogP contribution in [0.3, 0.4) is 0 Å². The average molecular weight is 267 g/mol. The zero-order valence-electron chi connectivity index (χ0n) is 12.4. The van der Waals surface area contributed by atoms with Crippen LogP contribution in [-0.2, 0) is 4.74 Å². The van der Waals surface area contributed by atoms with E-state index in [4.69, 9.17) is 14.2 Å². The van der Waals surface area contributed by atoms with Gasteiger partial charge in [-0.3, -0.25) is 0 Å². The van der Waals surface area contributed by atoms with Crippen LogP contribution >= 0.6 is 0 Å². The monoisotopic (exact) mass is 267 g/mol. The van der Waals surface area contributed by atoms with E-state index < -0.39 is 0 Å². The van der Waals surface area contributed by atoms with Crippen LogP contribution in [0.1, 0.15) is 31.4 Å². The van der Waals surface area contributed by atoms with Crippen molar-refractivity contribution in [3.05, 3.63) is 23.8 Å². The topological polar surface area (TPSA) is 39.7 Å². The summed E-state index contributed by atoms with van der Waals surface area (Å²) in [6.45, 7) is 3.93. The van der Waals surface area contributed by atoms with Crippen molar-refractivity contribution >= 4 is 0 Å². The Morgan fingerprint density at radius 3 is 2.53 bits per heavy atom. The molecule has 108 valence electrons. The van der Waals surface area contributed by atoms with E-state index in [9.17, 15) is 0 Å². The number of methoxy groups -OCH3 is 3. The van der Waals surface area contributed by atoms with E-state index in [2.05, 4.69) is 12.2 Å². The van der Waals surface area contributed by atoms with E-state index in [0.717, 1.165) is 43.1 Å². The first kappa shape index (κ1) is 15.8. The van der Waals surface area contributed by atoms with Gasteiger partial charge in [-0.15, -0.1) is 0 Å². The Balaban J connectivity index is 2.53. The fraction of sp³-hybridized carbons (Fsp3) is 0.600. The van der Waals surface area contributed by atoms with E-state index in [1.54, 1.807) is 21.3 Å². The van der Waals surface area contributed by atoms with Gasteiger partial charge in [0.2, 0.25) is 0 Å². The number of nitrogens with one attached hydrogen (secondary N) is 1. The second-order valence-electron chi connectivity index (χ2n) is 4.48. The van der Waals surface area contributed by atoms with Crippen LogP contribution in [0.25, 0.3) is 0 Å². The van der Waals surface area contributed by atoms with E-state index in [0.29, 0.717) is 0 Å². The second-order valence-corrected chi connectivity index (χ2v) is 4.48. The van der Waals surface area contributed by atoms with Crippen molar-refractivity contribution in [2.75, 3.05) is 34.5 Å². The summed E-state index contributed by atoms with van der Waals surface area (Å²) in [6.07, 6.45) is 2.19. The van der Waals surface area contributed by atoms with E-state index >= 15 is 0 Å². The fourth-order valence-corrected chi connectivity index (χ4v) is 1.98. The molecule has 0 saturated heterocycles. The lowest BCUT2D eigenvalue weighted by Crippen LogP contribution is -2.20. The Hall–Kier alpha value is -1.26. The molecule has 0 fully saturated rings. The third-order valence-electron chi connectivity index (χ3n) is 3.13.